The van der Waals surface area contributed by atoms with Crippen molar-refractivity contribution >= 4 is 5.91 Å². The lowest BCUT2D eigenvalue weighted by molar-refractivity contribution is -0.128. The maximum atomic E-state index is 10.8. The number of likely N-dealkylation sites (tertiary alicyclic amines) is 1. The first-order valence-electron chi connectivity index (χ1n) is 3.36. The van der Waals surface area contributed by atoms with Gasteiger partial charge in [0.2, 0.25) is 5.91 Å². The van der Waals surface area contributed by atoms with Gasteiger partial charge in [0, 0.05) is 13.0 Å². The fourth-order valence-electron chi connectivity index (χ4n) is 1.00. The molecule has 0 unspecified atom stereocenters. The molecule has 0 aliphatic carbocycles. The number of hydrogen-bond acceptors (Lipinski definition) is 1. The second-order valence-electron chi connectivity index (χ2n) is 2.40. The number of amides is 1. The van der Waals surface area contributed by atoms with Gasteiger partial charge in [0.05, 0.1) is 7.05 Å². The number of hydrogen-bond donors (Lipinski definition) is 0. The Hall–Kier alpha value is -0.530. The van der Waals surface area contributed by atoms with Crippen molar-refractivity contribution in [2.24, 2.45) is 0 Å². The van der Waals surface area contributed by atoms with Crippen LogP contribution in [-0.2, 0) is 4.79 Å². The third kappa shape index (κ3) is 1.70. The van der Waals surface area contributed by atoms with Gasteiger partial charge in [-0.1, -0.05) is 6.42 Å². The molecule has 0 aromatic heterocycles. The molecule has 2 heteroatoms. The summed E-state index contributed by atoms with van der Waals surface area (Å²) in [7, 11) is 5.36. The van der Waals surface area contributed by atoms with E-state index in [2.05, 4.69) is 0 Å². The molecule has 0 spiro atoms. The lowest BCUT2D eigenvalue weighted by Crippen LogP contribution is -2.22. The van der Waals surface area contributed by atoms with Gasteiger partial charge in [-0.25, -0.2) is 0 Å². The largest absolute Gasteiger partial charge is 0.335 e. The van der Waals surface area contributed by atoms with E-state index in [1.54, 1.807) is 0 Å². The van der Waals surface area contributed by atoms with Crippen LogP contribution in [0.4, 0.5) is 0 Å². The third-order valence-corrected chi connectivity index (χ3v) is 1.61. The van der Waals surface area contributed by atoms with Gasteiger partial charge in [-0.05, 0) is 12.8 Å². The van der Waals surface area contributed by atoms with Crippen LogP contribution in [0.1, 0.15) is 25.7 Å². The third-order valence-electron chi connectivity index (χ3n) is 1.61. The minimum absolute atomic E-state index is 0.0903. The molecule has 1 heterocycles. The standard InChI is InChI=1S/C7H11NO/c1-8-6-4-2-3-5-7(8)9/h1H,2-6H2. The highest BCUT2D eigenvalue weighted by Gasteiger charge is 2.11. The van der Waals surface area contributed by atoms with E-state index in [0.717, 1.165) is 25.8 Å². The SMILES string of the molecule is [CH]N1CCCCCC1=O. The quantitative estimate of drug-likeness (QED) is 0.474. The maximum Gasteiger partial charge on any atom is 0.222 e. The number of nitrogens with zero attached hydrogens (tertiary/aromatic N) is 1. The zero-order valence-electron chi connectivity index (χ0n) is 5.47. The molecule has 0 bridgehead atoms. The van der Waals surface area contributed by atoms with Crippen LogP contribution in [0.2, 0.25) is 0 Å². The fourth-order valence-corrected chi connectivity index (χ4v) is 1.00. The van der Waals surface area contributed by atoms with Crippen LogP contribution >= 0.6 is 0 Å². The highest BCUT2D eigenvalue weighted by atomic mass is 16.2. The first kappa shape index (κ1) is 6.59. The molecular weight excluding hydrogens is 114 g/mol. The van der Waals surface area contributed by atoms with Crippen molar-refractivity contribution in [3.63, 3.8) is 0 Å². The Morgan fingerprint density at radius 3 is 2.89 bits per heavy atom. The minimum Gasteiger partial charge on any atom is -0.335 e. The van der Waals surface area contributed by atoms with Gasteiger partial charge in [0.15, 0.2) is 0 Å². The Balaban J connectivity index is 2.41. The van der Waals surface area contributed by atoms with E-state index in [0.29, 0.717) is 6.42 Å². The van der Waals surface area contributed by atoms with Crippen molar-refractivity contribution in [3.8, 4) is 0 Å². The molecule has 0 aromatic rings. The summed E-state index contributed by atoms with van der Waals surface area (Å²) in [6.07, 6.45) is 3.84. The van der Waals surface area contributed by atoms with Crippen molar-refractivity contribution in [2.75, 3.05) is 6.54 Å². The molecule has 0 saturated carbocycles. The fraction of sp³-hybridized carbons (Fsp3) is 0.714. The van der Waals surface area contributed by atoms with Crippen LogP contribution in [0.5, 0.6) is 0 Å². The summed E-state index contributed by atoms with van der Waals surface area (Å²) in [4.78, 5) is 12.1. The monoisotopic (exact) mass is 125 g/mol. The van der Waals surface area contributed by atoms with Gasteiger partial charge in [0.25, 0.3) is 0 Å². The number of carbonyl (C=O) groups is 1. The highest BCUT2D eigenvalue weighted by Crippen LogP contribution is 2.09. The maximum absolute atomic E-state index is 10.8. The number of carbonyl (C=O) groups excluding carboxylic acids is 1. The first-order chi connectivity index (χ1) is 4.30. The Bertz CT molecular complexity index is 111. The van der Waals surface area contributed by atoms with E-state index in [-0.39, 0.29) is 5.91 Å². The van der Waals surface area contributed by atoms with E-state index in [1.165, 1.54) is 4.90 Å². The van der Waals surface area contributed by atoms with E-state index >= 15 is 0 Å². The Morgan fingerprint density at radius 1 is 1.33 bits per heavy atom. The molecule has 1 saturated heterocycles. The van der Waals surface area contributed by atoms with Crippen LogP contribution in [0.15, 0.2) is 0 Å². The molecule has 1 aliphatic rings. The summed E-state index contributed by atoms with van der Waals surface area (Å²) in [6.45, 7) is 0.735. The van der Waals surface area contributed by atoms with Crippen molar-refractivity contribution in [3.05, 3.63) is 7.05 Å². The summed E-state index contributed by atoms with van der Waals surface area (Å²) >= 11 is 0. The molecule has 0 atom stereocenters. The zero-order valence-corrected chi connectivity index (χ0v) is 5.47. The van der Waals surface area contributed by atoms with Gasteiger partial charge in [-0.15, -0.1) is 0 Å². The zero-order chi connectivity index (χ0) is 6.69. The van der Waals surface area contributed by atoms with E-state index in [9.17, 15) is 4.79 Å². The van der Waals surface area contributed by atoms with E-state index in [4.69, 9.17) is 7.05 Å². The topological polar surface area (TPSA) is 20.3 Å². The Labute approximate surface area is 55.8 Å². The molecular formula is C7H11NO. The lowest BCUT2D eigenvalue weighted by atomic mass is 10.2. The summed E-state index contributed by atoms with van der Waals surface area (Å²) < 4.78 is 0. The summed E-state index contributed by atoms with van der Waals surface area (Å²) in [5, 5.41) is 0. The average Bonchev–Trinajstić information content (AvgIpc) is 1.99. The predicted molar refractivity (Wildman–Crippen MR) is 34.5 cm³/mol. The molecule has 0 N–H and O–H groups in total. The van der Waals surface area contributed by atoms with Gasteiger partial charge in [-0.3, -0.25) is 4.79 Å². The van der Waals surface area contributed by atoms with Crippen LogP contribution < -0.4 is 0 Å². The molecule has 2 nitrogen and oxygen atoms in total. The molecule has 1 fully saturated rings. The minimum atomic E-state index is 0.0903. The van der Waals surface area contributed by atoms with Gasteiger partial charge >= 0.3 is 0 Å². The lowest BCUT2D eigenvalue weighted by Gasteiger charge is -2.10. The summed E-state index contributed by atoms with van der Waals surface area (Å²) in [5.41, 5.74) is 0. The average molecular weight is 125 g/mol. The second kappa shape index (κ2) is 2.85. The Kier molecular flexibility index (Phi) is 2.09. The van der Waals surface area contributed by atoms with Gasteiger partial charge in [0.1, 0.15) is 0 Å². The summed E-state index contributed by atoms with van der Waals surface area (Å²) in [6, 6.07) is 0. The first-order valence-corrected chi connectivity index (χ1v) is 3.36. The molecule has 1 amide bonds. The van der Waals surface area contributed by atoms with Crippen molar-refractivity contribution in [2.45, 2.75) is 25.7 Å². The highest BCUT2D eigenvalue weighted by molar-refractivity contribution is 5.76. The molecule has 0 aromatic carbocycles. The summed E-state index contributed by atoms with van der Waals surface area (Å²) in [5.74, 6) is 0.0903. The van der Waals surface area contributed by atoms with Crippen LogP contribution in [0.3, 0.4) is 0 Å². The molecule has 2 radical (unpaired) electrons. The molecule has 50 valence electrons. The van der Waals surface area contributed by atoms with E-state index in [1.807, 2.05) is 0 Å². The number of rotatable bonds is 0. The van der Waals surface area contributed by atoms with E-state index < -0.39 is 0 Å². The molecule has 9 heavy (non-hydrogen) atoms. The van der Waals surface area contributed by atoms with Crippen LogP contribution in [0.25, 0.3) is 0 Å². The van der Waals surface area contributed by atoms with Crippen molar-refractivity contribution in [1.82, 2.24) is 4.90 Å². The molecule has 1 aliphatic heterocycles. The normalized spacial score (nSPS) is 21.9. The van der Waals surface area contributed by atoms with Crippen molar-refractivity contribution in [1.29, 1.82) is 0 Å². The molecule has 1 rings (SSSR count). The second-order valence-corrected chi connectivity index (χ2v) is 2.40. The smallest absolute Gasteiger partial charge is 0.222 e. The van der Waals surface area contributed by atoms with Gasteiger partial charge < -0.3 is 4.90 Å². The Morgan fingerprint density at radius 2 is 2.11 bits per heavy atom. The van der Waals surface area contributed by atoms with Gasteiger partial charge in [-0.2, -0.15) is 0 Å². The van der Waals surface area contributed by atoms with Crippen LogP contribution in [0, 0.1) is 7.05 Å². The van der Waals surface area contributed by atoms with Crippen molar-refractivity contribution < 1.29 is 4.79 Å². The predicted octanol–water partition coefficient (Wildman–Crippen LogP) is 1.06. The van der Waals surface area contributed by atoms with Crippen LogP contribution in [-0.4, -0.2) is 17.4 Å².